The lowest BCUT2D eigenvalue weighted by Crippen LogP contribution is -2.13. The zero-order valence-electron chi connectivity index (χ0n) is 10.1. The van der Waals surface area contributed by atoms with Crippen molar-refractivity contribution in [3.63, 3.8) is 0 Å². The van der Waals surface area contributed by atoms with E-state index >= 15 is 0 Å². The number of carboxylic acids is 1. The topological polar surface area (TPSA) is 37.3 Å². The lowest BCUT2D eigenvalue weighted by atomic mass is 9.95. The number of rotatable bonds is 4. The van der Waals surface area contributed by atoms with Crippen LogP contribution in [0.25, 0.3) is 0 Å². The minimum atomic E-state index is -1.41. The molecule has 0 spiro atoms. The molecule has 0 heterocycles. The molecule has 1 aromatic rings. The molecule has 0 saturated carbocycles. The second-order valence-electron chi connectivity index (χ2n) is 4.73. The SMILES string of the molecule is CC(Cc1ccc(C(C)(C)F)c(Br)c1)C(=O)O. The van der Waals surface area contributed by atoms with Gasteiger partial charge in [-0.2, -0.15) is 0 Å². The van der Waals surface area contributed by atoms with E-state index in [0.717, 1.165) is 5.56 Å². The van der Waals surface area contributed by atoms with Crippen molar-refractivity contribution in [2.75, 3.05) is 0 Å². The van der Waals surface area contributed by atoms with Gasteiger partial charge in [-0.25, -0.2) is 4.39 Å². The fourth-order valence-corrected chi connectivity index (χ4v) is 2.51. The molecule has 1 atom stereocenters. The summed E-state index contributed by atoms with van der Waals surface area (Å²) in [6, 6.07) is 5.27. The molecule has 0 aliphatic carbocycles. The van der Waals surface area contributed by atoms with Gasteiger partial charge in [-0.3, -0.25) is 4.79 Å². The molecular formula is C13H16BrFO2. The second-order valence-corrected chi connectivity index (χ2v) is 5.58. The van der Waals surface area contributed by atoms with Crippen molar-refractivity contribution in [3.8, 4) is 0 Å². The lowest BCUT2D eigenvalue weighted by Gasteiger charge is -2.17. The van der Waals surface area contributed by atoms with Crippen molar-refractivity contribution >= 4 is 21.9 Å². The van der Waals surface area contributed by atoms with Crippen LogP contribution in [0.2, 0.25) is 0 Å². The zero-order valence-corrected chi connectivity index (χ0v) is 11.7. The summed E-state index contributed by atoms with van der Waals surface area (Å²) in [4.78, 5) is 10.7. The molecule has 0 amide bonds. The largest absolute Gasteiger partial charge is 0.481 e. The molecule has 1 aromatic carbocycles. The van der Waals surface area contributed by atoms with Crippen LogP contribution in [-0.2, 0) is 16.9 Å². The maximum Gasteiger partial charge on any atom is 0.306 e. The summed E-state index contributed by atoms with van der Waals surface area (Å²) in [5.41, 5.74) is 0.0551. The highest BCUT2D eigenvalue weighted by Crippen LogP contribution is 2.32. The summed E-state index contributed by atoms with van der Waals surface area (Å²) in [5, 5.41) is 8.82. The molecule has 0 aromatic heterocycles. The van der Waals surface area contributed by atoms with E-state index in [4.69, 9.17) is 5.11 Å². The van der Waals surface area contributed by atoms with E-state index in [2.05, 4.69) is 15.9 Å². The number of carboxylic acid groups (broad SMARTS) is 1. The lowest BCUT2D eigenvalue weighted by molar-refractivity contribution is -0.141. The van der Waals surface area contributed by atoms with Crippen LogP contribution in [0.15, 0.2) is 22.7 Å². The first-order valence-electron chi connectivity index (χ1n) is 5.42. The fraction of sp³-hybridized carbons (Fsp3) is 0.462. The van der Waals surface area contributed by atoms with Gasteiger partial charge >= 0.3 is 5.97 Å². The number of alkyl halides is 1. The van der Waals surface area contributed by atoms with E-state index in [0.29, 0.717) is 16.5 Å². The standard InChI is InChI=1S/C13H16BrFO2/c1-8(12(16)17)6-9-4-5-10(11(14)7-9)13(2,3)15/h4-5,7-8H,6H2,1-3H3,(H,16,17). The smallest absolute Gasteiger partial charge is 0.306 e. The highest BCUT2D eigenvalue weighted by molar-refractivity contribution is 9.10. The third-order valence-corrected chi connectivity index (χ3v) is 3.29. The Balaban J connectivity index is 2.94. The molecule has 17 heavy (non-hydrogen) atoms. The molecule has 2 nitrogen and oxygen atoms in total. The van der Waals surface area contributed by atoms with Crippen LogP contribution >= 0.6 is 15.9 Å². The molecular weight excluding hydrogens is 287 g/mol. The van der Waals surface area contributed by atoms with Crippen LogP contribution in [0.5, 0.6) is 0 Å². The normalized spacial score (nSPS) is 13.5. The molecule has 1 rings (SSSR count). The van der Waals surface area contributed by atoms with Crippen LogP contribution in [0.3, 0.4) is 0 Å². The Morgan fingerprint density at radius 1 is 1.53 bits per heavy atom. The van der Waals surface area contributed by atoms with Gasteiger partial charge in [-0.15, -0.1) is 0 Å². The maximum atomic E-state index is 13.8. The summed E-state index contributed by atoms with van der Waals surface area (Å²) in [5.74, 6) is -1.26. The van der Waals surface area contributed by atoms with Crippen LogP contribution in [0.4, 0.5) is 4.39 Å². The summed E-state index contributed by atoms with van der Waals surface area (Å²) in [7, 11) is 0. The van der Waals surface area contributed by atoms with Gasteiger partial charge < -0.3 is 5.11 Å². The summed E-state index contributed by atoms with van der Waals surface area (Å²) < 4.78 is 14.5. The fourth-order valence-electron chi connectivity index (χ4n) is 1.61. The van der Waals surface area contributed by atoms with E-state index < -0.39 is 17.6 Å². The Labute approximate surface area is 109 Å². The van der Waals surface area contributed by atoms with E-state index in [1.165, 1.54) is 13.8 Å². The minimum absolute atomic E-state index is 0.439. The number of benzene rings is 1. The highest BCUT2D eigenvalue weighted by Gasteiger charge is 2.22. The van der Waals surface area contributed by atoms with Crippen molar-refractivity contribution < 1.29 is 14.3 Å². The van der Waals surface area contributed by atoms with E-state index in [-0.39, 0.29) is 0 Å². The van der Waals surface area contributed by atoms with E-state index in [1.807, 2.05) is 0 Å². The zero-order chi connectivity index (χ0) is 13.2. The number of aliphatic carboxylic acids is 1. The van der Waals surface area contributed by atoms with Gasteiger partial charge in [0.15, 0.2) is 0 Å². The van der Waals surface area contributed by atoms with Gasteiger partial charge in [0, 0.05) is 10.0 Å². The molecule has 1 N–H and O–H groups in total. The highest BCUT2D eigenvalue weighted by atomic mass is 79.9. The van der Waals surface area contributed by atoms with Crippen LogP contribution < -0.4 is 0 Å². The van der Waals surface area contributed by atoms with Crippen LogP contribution in [-0.4, -0.2) is 11.1 Å². The summed E-state index contributed by atoms with van der Waals surface area (Å²) in [6.45, 7) is 4.64. The van der Waals surface area contributed by atoms with Crippen LogP contribution in [0, 0.1) is 5.92 Å². The van der Waals surface area contributed by atoms with Gasteiger partial charge in [0.2, 0.25) is 0 Å². The predicted octanol–water partition coefficient (Wildman–Crippen LogP) is 3.92. The minimum Gasteiger partial charge on any atom is -0.481 e. The first kappa shape index (κ1) is 14.2. The summed E-state index contributed by atoms with van der Waals surface area (Å²) >= 11 is 3.32. The number of hydrogen-bond acceptors (Lipinski definition) is 1. The van der Waals surface area contributed by atoms with Crippen molar-refractivity contribution in [2.45, 2.75) is 32.9 Å². The monoisotopic (exact) mass is 302 g/mol. The van der Waals surface area contributed by atoms with Crippen molar-refractivity contribution in [2.24, 2.45) is 5.92 Å². The van der Waals surface area contributed by atoms with Crippen molar-refractivity contribution in [1.82, 2.24) is 0 Å². The Hall–Kier alpha value is -0.900. The molecule has 0 saturated heterocycles. The molecule has 0 fully saturated rings. The van der Waals surface area contributed by atoms with Crippen molar-refractivity contribution in [1.29, 1.82) is 0 Å². The number of halogens is 2. The molecule has 94 valence electrons. The molecule has 0 bridgehead atoms. The Morgan fingerprint density at radius 2 is 2.12 bits per heavy atom. The molecule has 0 radical (unpaired) electrons. The molecule has 1 unspecified atom stereocenters. The van der Waals surface area contributed by atoms with Gasteiger partial charge in [0.1, 0.15) is 5.67 Å². The Morgan fingerprint density at radius 3 is 2.53 bits per heavy atom. The van der Waals surface area contributed by atoms with Gasteiger partial charge in [-0.05, 0) is 31.9 Å². The first-order valence-corrected chi connectivity index (χ1v) is 6.21. The molecule has 0 aliphatic rings. The summed E-state index contributed by atoms with van der Waals surface area (Å²) in [6.07, 6.45) is 0.445. The third-order valence-electron chi connectivity index (χ3n) is 2.64. The Kier molecular flexibility index (Phi) is 4.31. The number of carbonyl (C=O) groups is 1. The average molecular weight is 303 g/mol. The average Bonchev–Trinajstić information content (AvgIpc) is 2.15. The van der Waals surface area contributed by atoms with Gasteiger partial charge in [0.05, 0.1) is 5.92 Å². The van der Waals surface area contributed by atoms with Crippen LogP contribution in [0.1, 0.15) is 31.9 Å². The molecule has 0 aliphatic heterocycles. The second kappa shape index (κ2) is 5.17. The van der Waals surface area contributed by atoms with Crippen molar-refractivity contribution in [3.05, 3.63) is 33.8 Å². The van der Waals surface area contributed by atoms with E-state index in [9.17, 15) is 9.18 Å². The quantitative estimate of drug-likeness (QED) is 0.915. The van der Waals surface area contributed by atoms with Gasteiger partial charge in [0.25, 0.3) is 0 Å². The Bertz CT molecular complexity index is 424. The predicted molar refractivity (Wildman–Crippen MR) is 68.8 cm³/mol. The third kappa shape index (κ3) is 3.80. The number of hydrogen-bond donors (Lipinski definition) is 1. The maximum absolute atomic E-state index is 13.8. The molecule has 4 heteroatoms. The van der Waals surface area contributed by atoms with Gasteiger partial charge in [-0.1, -0.05) is 35.0 Å². The van der Waals surface area contributed by atoms with E-state index in [1.54, 1.807) is 25.1 Å². The first-order chi connectivity index (χ1) is 7.71.